The first-order valence-electron chi connectivity index (χ1n) is 4.08. The van der Waals surface area contributed by atoms with Gasteiger partial charge >= 0.3 is 0 Å². The SMILES string of the molecule is C=C1CCN1.CCC(C)C. The zero-order valence-corrected chi connectivity index (χ0v) is 7.41. The van der Waals surface area contributed by atoms with Gasteiger partial charge in [-0.1, -0.05) is 33.8 Å². The summed E-state index contributed by atoms with van der Waals surface area (Å²) in [4.78, 5) is 0. The van der Waals surface area contributed by atoms with E-state index in [0.29, 0.717) is 0 Å². The molecule has 0 atom stereocenters. The van der Waals surface area contributed by atoms with Crippen molar-refractivity contribution < 1.29 is 0 Å². The van der Waals surface area contributed by atoms with Gasteiger partial charge in [0.15, 0.2) is 0 Å². The van der Waals surface area contributed by atoms with Crippen LogP contribution in [0.15, 0.2) is 12.3 Å². The molecule has 1 nitrogen and oxygen atoms in total. The Morgan fingerprint density at radius 3 is 1.90 bits per heavy atom. The zero-order chi connectivity index (χ0) is 7.98. The third-order valence-electron chi connectivity index (χ3n) is 1.62. The van der Waals surface area contributed by atoms with Crippen molar-refractivity contribution in [1.82, 2.24) is 5.32 Å². The van der Waals surface area contributed by atoms with E-state index in [4.69, 9.17) is 0 Å². The summed E-state index contributed by atoms with van der Waals surface area (Å²) in [6, 6.07) is 0. The van der Waals surface area contributed by atoms with Crippen molar-refractivity contribution in [3.63, 3.8) is 0 Å². The summed E-state index contributed by atoms with van der Waals surface area (Å²) in [5.74, 6) is 0.884. The maximum Gasteiger partial charge on any atom is 0.0198 e. The van der Waals surface area contributed by atoms with E-state index in [9.17, 15) is 0 Å². The second-order valence-electron chi connectivity index (χ2n) is 3.08. The molecule has 1 saturated heterocycles. The van der Waals surface area contributed by atoms with Crippen LogP contribution in [0.3, 0.4) is 0 Å². The minimum atomic E-state index is 0.884. The van der Waals surface area contributed by atoms with Crippen molar-refractivity contribution in [2.45, 2.75) is 33.6 Å². The molecule has 0 radical (unpaired) electrons. The Morgan fingerprint density at radius 1 is 1.60 bits per heavy atom. The summed E-state index contributed by atoms with van der Waals surface area (Å²) < 4.78 is 0. The molecular formula is C9H19N. The van der Waals surface area contributed by atoms with E-state index in [2.05, 4.69) is 32.7 Å². The molecule has 1 fully saturated rings. The van der Waals surface area contributed by atoms with Gasteiger partial charge in [-0.05, 0) is 5.92 Å². The Morgan fingerprint density at radius 2 is 1.90 bits per heavy atom. The second kappa shape index (κ2) is 5.33. The van der Waals surface area contributed by atoms with E-state index < -0.39 is 0 Å². The molecule has 0 bridgehead atoms. The first-order valence-corrected chi connectivity index (χ1v) is 4.08. The normalized spacial score (nSPS) is 15.0. The molecule has 10 heavy (non-hydrogen) atoms. The number of hydrogen-bond acceptors (Lipinski definition) is 1. The molecule has 0 aromatic rings. The molecule has 1 heterocycles. The van der Waals surface area contributed by atoms with Crippen LogP contribution in [0, 0.1) is 5.92 Å². The molecule has 0 aliphatic carbocycles. The van der Waals surface area contributed by atoms with Crippen LogP contribution in [-0.2, 0) is 0 Å². The smallest absolute Gasteiger partial charge is 0.0198 e. The highest BCUT2D eigenvalue weighted by molar-refractivity contribution is 4.99. The lowest BCUT2D eigenvalue weighted by Crippen LogP contribution is -2.26. The third-order valence-corrected chi connectivity index (χ3v) is 1.62. The number of rotatable bonds is 1. The quantitative estimate of drug-likeness (QED) is 0.591. The van der Waals surface area contributed by atoms with Gasteiger partial charge in [0.05, 0.1) is 0 Å². The van der Waals surface area contributed by atoms with Crippen molar-refractivity contribution in [2.24, 2.45) is 5.92 Å². The third kappa shape index (κ3) is 5.67. The fourth-order valence-corrected chi connectivity index (χ4v) is 0.302. The zero-order valence-electron chi connectivity index (χ0n) is 7.41. The largest absolute Gasteiger partial charge is 0.388 e. The van der Waals surface area contributed by atoms with Crippen LogP contribution in [0.5, 0.6) is 0 Å². The maximum atomic E-state index is 3.65. The summed E-state index contributed by atoms with van der Waals surface area (Å²) in [6.07, 6.45) is 2.49. The molecule has 1 aliphatic rings. The molecule has 1 aliphatic heterocycles. The topological polar surface area (TPSA) is 12.0 Å². The highest BCUT2D eigenvalue weighted by Gasteiger charge is 1.99. The van der Waals surface area contributed by atoms with Gasteiger partial charge in [-0.2, -0.15) is 0 Å². The maximum absolute atomic E-state index is 3.65. The highest BCUT2D eigenvalue weighted by atomic mass is 14.9. The Kier molecular flexibility index (Phi) is 5.09. The average Bonchev–Trinajstić information content (AvgIpc) is 1.85. The van der Waals surface area contributed by atoms with Crippen molar-refractivity contribution >= 4 is 0 Å². The Hall–Kier alpha value is -0.460. The first-order chi connectivity index (χ1) is 4.66. The van der Waals surface area contributed by atoms with Crippen LogP contribution in [0.2, 0.25) is 0 Å². The van der Waals surface area contributed by atoms with Crippen LogP contribution in [0.25, 0.3) is 0 Å². The molecular weight excluding hydrogens is 122 g/mol. The number of nitrogens with one attached hydrogen (secondary N) is 1. The highest BCUT2D eigenvalue weighted by Crippen LogP contribution is 1.99. The molecule has 0 amide bonds. The van der Waals surface area contributed by atoms with E-state index in [1.54, 1.807) is 0 Å². The van der Waals surface area contributed by atoms with Gasteiger partial charge in [0.2, 0.25) is 0 Å². The lowest BCUT2D eigenvalue weighted by Gasteiger charge is -2.16. The summed E-state index contributed by atoms with van der Waals surface area (Å²) in [6.45, 7) is 11.4. The van der Waals surface area contributed by atoms with Gasteiger partial charge in [0.25, 0.3) is 0 Å². The summed E-state index contributed by atoms with van der Waals surface area (Å²) >= 11 is 0. The minimum Gasteiger partial charge on any atom is -0.388 e. The van der Waals surface area contributed by atoms with Gasteiger partial charge < -0.3 is 5.32 Å². The van der Waals surface area contributed by atoms with E-state index in [1.807, 2.05) is 0 Å². The van der Waals surface area contributed by atoms with Crippen LogP contribution >= 0.6 is 0 Å². The lowest BCUT2D eigenvalue weighted by molar-refractivity contribution is 0.626. The van der Waals surface area contributed by atoms with Crippen molar-refractivity contribution in [2.75, 3.05) is 6.54 Å². The molecule has 0 aromatic carbocycles. The van der Waals surface area contributed by atoms with Gasteiger partial charge in [0, 0.05) is 18.7 Å². The Bertz CT molecular complexity index is 88.9. The van der Waals surface area contributed by atoms with Crippen molar-refractivity contribution in [1.29, 1.82) is 0 Å². The molecule has 0 aromatic heterocycles. The Balaban J connectivity index is 0.000000162. The Labute approximate surface area is 64.5 Å². The van der Waals surface area contributed by atoms with E-state index in [0.717, 1.165) is 12.5 Å². The molecule has 1 N–H and O–H groups in total. The van der Waals surface area contributed by atoms with Gasteiger partial charge in [-0.15, -0.1) is 0 Å². The van der Waals surface area contributed by atoms with Gasteiger partial charge in [-0.25, -0.2) is 0 Å². The molecule has 0 saturated carbocycles. The lowest BCUT2D eigenvalue weighted by atomic mass is 10.2. The van der Waals surface area contributed by atoms with Crippen molar-refractivity contribution in [3.8, 4) is 0 Å². The monoisotopic (exact) mass is 141 g/mol. The average molecular weight is 141 g/mol. The number of hydrogen-bond donors (Lipinski definition) is 1. The molecule has 1 heteroatoms. The predicted octanol–water partition coefficient (Wildman–Crippen LogP) is 2.55. The van der Waals surface area contributed by atoms with Crippen LogP contribution in [0.1, 0.15) is 33.6 Å². The molecule has 1 rings (SSSR count). The van der Waals surface area contributed by atoms with Crippen LogP contribution < -0.4 is 5.32 Å². The van der Waals surface area contributed by atoms with Gasteiger partial charge in [-0.3, -0.25) is 0 Å². The fourth-order valence-electron chi connectivity index (χ4n) is 0.302. The standard InChI is InChI=1S/C5H12.C4H7N/c1-4-5(2)3;1-4-2-3-5-4/h5H,4H2,1-3H3;5H,1-3H2. The van der Waals surface area contributed by atoms with Crippen LogP contribution in [0.4, 0.5) is 0 Å². The summed E-state index contributed by atoms with van der Waals surface area (Å²) in [5.41, 5.74) is 1.19. The molecule has 0 spiro atoms. The van der Waals surface area contributed by atoms with Crippen LogP contribution in [-0.4, -0.2) is 6.54 Å². The van der Waals surface area contributed by atoms with Gasteiger partial charge in [0.1, 0.15) is 0 Å². The van der Waals surface area contributed by atoms with E-state index in [1.165, 1.54) is 18.5 Å². The molecule has 0 unspecified atom stereocenters. The summed E-state index contributed by atoms with van der Waals surface area (Å²) in [5, 5.41) is 3.01. The van der Waals surface area contributed by atoms with Crippen molar-refractivity contribution in [3.05, 3.63) is 12.3 Å². The fraction of sp³-hybridized carbons (Fsp3) is 0.778. The van der Waals surface area contributed by atoms with E-state index in [-0.39, 0.29) is 0 Å². The molecule has 60 valence electrons. The minimum absolute atomic E-state index is 0.884. The van der Waals surface area contributed by atoms with E-state index >= 15 is 0 Å². The predicted molar refractivity (Wildman–Crippen MR) is 46.9 cm³/mol. The second-order valence-corrected chi connectivity index (χ2v) is 3.08. The first kappa shape index (κ1) is 9.54. The summed E-state index contributed by atoms with van der Waals surface area (Å²) in [7, 11) is 0.